The minimum Gasteiger partial charge on any atom is -0.397 e. The van der Waals surface area contributed by atoms with E-state index in [1.165, 1.54) is 24.5 Å². The summed E-state index contributed by atoms with van der Waals surface area (Å²) >= 11 is 5.66. The van der Waals surface area contributed by atoms with E-state index in [0.717, 1.165) is 0 Å². The van der Waals surface area contributed by atoms with Crippen molar-refractivity contribution in [3.05, 3.63) is 41.4 Å². The van der Waals surface area contributed by atoms with Crippen molar-refractivity contribution < 1.29 is 4.39 Å². The van der Waals surface area contributed by atoms with E-state index >= 15 is 0 Å². The molecule has 0 aliphatic rings. The zero-order valence-corrected chi connectivity index (χ0v) is 8.37. The van der Waals surface area contributed by atoms with Gasteiger partial charge in [-0.05, 0) is 17.7 Å². The maximum atomic E-state index is 12.9. The molecule has 0 fully saturated rings. The topological polar surface area (TPSA) is 51.8 Å². The molecule has 2 rings (SSSR count). The summed E-state index contributed by atoms with van der Waals surface area (Å²) in [5.41, 5.74) is 7.58. The van der Waals surface area contributed by atoms with Crippen LogP contribution in [0.3, 0.4) is 0 Å². The molecule has 0 saturated carbocycles. The maximum absolute atomic E-state index is 12.9. The molecule has 2 N–H and O–H groups in total. The summed E-state index contributed by atoms with van der Waals surface area (Å²) in [5.74, 6) is -0.457. The molecule has 2 aromatic rings. The SMILES string of the molecule is Nc1cnncc1-c1ccc(F)c(Cl)c1. The largest absolute Gasteiger partial charge is 0.397 e. The molecule has 0 aliphatic carbocycles. The summed E-state index contributed by atoms with van der Waals surface area (Å²) in [7, 11) is 0. The zero-order chi connectivity index (χ0) is 10.8. The monoisotopic (exact) mass is 223 g/mol. The van der Waals surface area contributed by atoms with Crippen LogP contribution in [0.15, 0.2) is 30.6 Å². The third-order valence-corrected chi connectivity index (χ3v) is 2.28. The van der Waals surface area contributed by atoms with Gasteiger partial charge in [0.25, 0.3) is 0 Å². The van der Waals surface area contributed by atoms with Crippen molar-refractivity contribution in [3.63, 3.8) is 0 Å². The van der Waals surface area contributed by atoms with Crippen LogP contribution in [0.4, 0.5) is 10.1 Å². The number of benzene rings is 1. The van der Waals surface area contributed by atoms with Gasteiger partial charge >= 0.3 is 0 Å². The van der Waals surface area contributed by atoms with Crippen molar-refractivity contribution >= 4 is 17.3 Å². The summed E-state index contributed by atoms with van der Waals surface area (Å²) in [6.07, 6.45) is 2.95. The molecular weight excluding hydrogens is 217 g/mol. The molecule has 76 valence electrons. The van der Waals surface area contributed by atoms with E-state index in [9.17, 15) is 4.39 Å². The van der Waals surface area contributed by atoms with Crippen LogP contribution in [0.1, 0.15) is 0 Å². The molecule has 15 heavy (non-hydrogen) atoms. The lowest BCUT2D eigenvalue weighted by molar-refractivity contribution is 0.628. The fourth-order valence-electron chi connectivity index (χ4n) is 1.24. The van der Waals surface area contributed by atoms with E-state index < -0.39 is 5.82 Å². The van der Waals surface area contributed by atoms with Gasteiger partial charge in [-0.1, -0.05) is 17.7 Å². The second kappa shape index (κ2) is 3.82. The second-order valence-corrected chi connectivity index (χ2v) is 3.39. The van der Waals surface area contributed by atoms with Crippen LogP contribution < -0.4 is 5.73 Å². The van der Waals surface area contributed by atoms with Crippen LogP contribution in [0.2, 0.25) is 5.02 Å². The Labute approximate surface area is 90.7 Å². The maximum Gasteiger partial charge on any atom is 0.141 e. The Hall–Kier alpha value is -1.68. The van der Waals surface area contributed by atoms with Crippen molar-refractivity contribution in [1.29, 1.82) is 0 Å². The standard InChI is InChI=1S/C10H7ClFN3/c11-8-3-6(1-2-9(8)12)7-4-14-15-5-10(7)13/h1-5H,(H2,13,14). The lowest BCUT2D eigenvalue weighted by Crippen LogP contribution is -1.93. The van der Waals surface area contributed by atoms with E-state index in [1.54, 1.807) is 6.07 Å². The van der Waals surface area contributed by atoms with Gasteiger partial charge in [-0.15, -0.1) is 0 Å². The molecule has 0 radical (unpaired) electrons. The van der Waals surface area contributed by atoms with Gasteiger partial charge in [-0.3, -0.25) is 0 Å². The van der Waals surface area contributed by atoms with Crippen LogP contribution in [0.25, 0.3) is 11.1 Å². The predicted octanol–water partition coefficient (Wildman–Crippen LogP) is 2.52. The molecule has 3 nitrogen and oxygen atoms in total. The van der Waals surface area contributed by atoms with Crippen molar-refractivity contribution in [2.45, 2.75) is 0 Å². The smallest absolute Gasteiger partial charge is 0.141 e. The van der Waals surface area contributed by atoms with Crippen LogP contribution >= 0.6 is 11.6 Å². The van der Waals surface area contributed by atoms with Crippen LogP contribution in [-0.2, 0) is 0 Å². The Kier molecular flexibility index (Phi) is 2.51. The molecule has 0 saturated heterocycles. The number of nitrogens with zero attached hydrogens (tertiary/aromatic N) is 2. The number of rotatable bonds is 1. The van der Waals surface area contributed by atoms with E-state index in [2.05, 4.69) is 10.2 Å². The quantitative estimate of drug-likeness (QED) is 0.808. The average Bonchev–Trinajstić information content (AvgIpc) is 2.23. The highest BCUT2D eigenvalue weighted by Gasteiger charge is 2.06. The van der Waals surface area contributed by atoms with Gasteiger partial charge in [-0.25, -0.2) is 4.39 Å². The van der Waals surface area contributed by atoms with Gasteiger partial charge in [0.2, 0.25) is 0 Å². The molecule has 0 aliphatic heterocycles. The first-order chi connectivity index (χ1) is 7.18. The summed E-state index contributed by atoms with van der Waals surface area (Å²) in [6, 6.07) is 4.39. The van der Waals surface area contributed by atoms with Crippen molar-refractivity contribution in [3.8, 4) is 11.1 Å². The van der Waals surface area contributed by atoms with Gasteiger partial charge in [0.05, 0.1) is 23.1 Å². The highest BCUT2D eigenvalue weighted by molar-refractivity contribution is 6.31. The predicted molar refractivity (Wildman–Crippen MR) is 56.8 cm³/mol. The minimum atomic E-state index is -0.457. The van der Waals surface area contributed by atoms with E-state index in [4.69, 9.17) is 17.3 Å². The molecule has 0 spiro atoms. The highest BCUT2D eigenvalue weighted by atomic mass is 35.5. The molecule has 1 heterocycles. The average molecular weight is 224 g/mol. The number of nitrogens with two attached hydrogens (primary N) is 1. The number of nitrogen functional groups attached to an aromatic ring is 1. The third kappa shape index (κ3) is 1.89. The fourth-order valence-corrected chi connectivity index (χ4v) is 1.42. The molecule has 1 aromatic carbocycles. The second-order valence-electron chi connectivity index (χ2n) is 2.99. The molecule has 5 heteroatoms. The summed E-state index contributed by atoms with van der Waals surface area (Å²) in [6.45, 7) is 0. The van der Waals surface area contributed by atoms with Gasteiger partial charge in [-0.2, -0.15) is 10.2 Å². The Bertz CT molecular complexity index is 502. The molecule has 0 bridgehead atoms. The Morgan fingerprint density at radius 1 is 1.20 bits per heavy atom. The lowest BCUT2D eigenvalue weighted by Gasteiger charge is -2.04. The lowest BCUT2D eigenvalue weighted by atomic mass is 10.1. The van der Waals surface area contributed by atoms with Gasteiger partial charge in [0.1, 0.15) is 5.82 Å². The van der Waals surface area contributed by atoms with Crippen molar-refractivity contribution in [2.24, 2.45) is 0 Å². The number of aromatic nitrogens is 2. The van der Waals surface area contributed by atoms with E-state index in [0.29, 0.717) is 16.8 Å². The number of hydrogen-bond acceptors (Lipinski definition) is 3. The number of anilines is 1. The minimum absolute atomic E-state index is 0.0590. The third-order valence-electron chi connectivity index (χ3n) is 1.99. The summed E-state index contributed by atoms with van der Waals surface area (Å²) < 4.78 is 12.9. The first-order valence-corrected chi connectivity index (χ1v) is 4.58. The molecule has 0 atom stereocenters. The van der Waals surface area contributed by atoms with Crippen molar-refractivity contribution in [2.75, 3.05) is 5.73 Å². The van der Waals surface area contributed by atoms with Crippen LogP contribution in [0, 0.1) is 5.82 Å². The molecule has 1 aromatic heterocycles. The van der Waals surface area contributed by atoms with Crippen LogP contribution in [-0.4, -0.2) is 10.2 Å². The normalized spacial score (nSPS) is 10.3. The van der Waals surface area contributed by atoms with Crippen LogP contribution in [0.5, 0.6) is 0 Å². The Morgan fingerprint density at radius 2 is 1.93 bits per heavy atom. The Balaban J connectivity index is 2.55. The summed E-state index contributed by atoms with van der Waals surface area (Å²) in [5, 5.41) is 7.39. The highest BCUT2D eigenvalue weighted by Crippen LogP contribution is 2.27. The molecule has 0 amide bonds. The first-order valence-electron chi connectivity index (χ1n) is 4.20. The van der Waals surface area contributed by atoms with Gasteiger partial charge in [0.15, 0.2) is 0 Å². The molecule has 0 unspecified atom stereocenters. The number of hydrogen-bond donors (Lipinski definition) is 1. The number of halogens is 2. The fraction of sp³-hybridized carbons (Fsp3) is 0. The van der Waals surface area contributed by atoms with Crippen molar-refractivity contribution in [1.82, 2.24) is 10.2 Å². The van der Waals surface area contributed by atoms with Gasteiger partial charge < -0.3 is 5.73 Å². The van der Waals surface area contributed by atoms with E-state index in [1.807, 2.05) is 0 Å². The summed E-state index contributed by atoms with van der Waals surface area (Å²) in [4.78, 5) is 0. The molecular formula is C10H7ClFN3. The van der Waals surface area contributed by atoms with Gasteiger partial charge in [0, 0.05) is 5.56 Å². The first kappa shape index (κ1) is 9.86. The Morgan fingerprint density at radius 3 is 2.60 bits per heavy atom. The zero-order valence-electron chi connectivity index (χ0n) is 7.61. The van der Waals surface area contributed by atoms with E-state index in [-0.39, 0.29) is 5.02 Å².